The average Bonchev–Trinajstić information content (AvgIpc) is 2.96. The van der Waals surface area contributed by atoms with Gasteiger partial charge in [0, 0.05) is 24.0 Å². The summed E-state index contributed by atoms with van der Waals surface area (Å²) >= 11 is 0. The molecule has 0 unspecified atom stereocenters. The van der Waals surface area contributed by atoms with Gasteiger partial charge in [0.25, 0.3) is 5.91 Å². The molecular weight excluding hydrogens is 361 g/mol. The first-order valence-corrected chi connectivity index (χ1v) is 8.50. The highest BCUT2D eigenvalue weighted by Gasteiger charge is 2.16. The second-order valence-corrected chi connectivity index (χ2v) is 6.35. The molecule has 7 nitrogen and oxygen atoms in total. The molecule has 0 atom stereocenters. The molecule has 4 aromatic rings. The van der Waals surface area contributed by atoms with Gasteiger partial charge in [0.05, 0.1) is 16.8 Å². The van der Waals surface area contributed by atoms with E-state index in [2.05, 4.69) is 20.4 Å². The van der Waals surface area contributed by atoms with Crippen LogP contribution in [-0.4, -0.2) is 30.6 Å². The number of rotatable bonds is 3. The molecule has 0 spiro atoms. The van der Waals surface area contributed by atoms with Gasteiger partial charge in [-0.15, -0.1) is 0 Å². The molecule has 0 saturated carbocycles. The maximum Gasteiger partial charge on any atom is 0.273 e. The third-order valence-corrected chi connectivity index (χ3v) is 4.41. The van der Waals surface area contributed by atoms with Crippen LogP contribution in [0, 0.1) is 19.7 Å². The fourth-order valence-corrected chi connectivity index (χ4v) is 3.00. The summed E-state index contributed by atoms with van der Waals surface area (Å²) in [5.74, 6) is -0.557. The van der Waals surface area contributed by atoms with E-state index in [-0.39, 0.29) is 28.6 Å². The van der Waals surface area contributed by atoms with E-state index in [1.807, 2.05) is 6.92 Å². The fourth-order valence-electron chi connectivity index (χ4n) is 3.00. The minimum Gasteiger partial charge on any atom is -0.506 e. The maximum atomic E-state index is 13.5. The van der Waals surface area contributed by atoms with Crippen molar-refractivity contribution in [2.45, 2.75) is 13.8 Å². The minimum atomic E-state index is -0.407. The van der Waals surface area contributed by atoms with Gasteiger partial charge in [-0.1, -0.05) is 0 Å². The Morgan fingerprint density at radius 1 is 1.21 bits per heavy atom. The van der Waals surface area contributed by atoms with Crippen LogP contribution in [0.25, 0.3) is 22.4 Å². The SMILES string of the molecule is Cc1nc(-c2ncccc2O)ncc1C(=O)Nn1cc(C)c2cc(F)ccc21. The average molecular weight is 377 g/mol. The Morgan fingerprint density at radius 3 is 2.79 bits per heavy atom. The number of benzene rings is 1. The molecule has 0 fully saturated rings. The monoisotopic (exact) mass is 377 g/mol. The van der Waals surface area contributed by atoms with Gasteiger partial charge >= 0.3 is 0 Å². The summed E-state index contributed by atoms with van der Waals surface area (Å²) < 4.78 is 15.0. The van der Waals surface area contributed by atoms with Crippen molar-refractivity contribution in [2.75, 3.05) is 5.43 Å². The molecule has 1 aromatic carbocycles. The van der Waals surface area contributed by atoms with Crippen LogP contribution in [-0.2, 0) is 0 Å². The quantitative estimate of drug-likeness (QED) is 0.571. The molecule has 0 aliphatic rings. The number of carbonyl (C=O) groups is 1. The number of hydrogen-bond acceptors (Lipinski definition) is 5. The van der Waals surface area contributed by atoms with Crippen LogP contribution in [0.1, 0.15) is 21.6 Å². The van der Waals surface area contributed by atoms with Gasteiger partial charge in [-0.05, 0) is 49.7 Å². The second kappa shape index (κ2) is 6.73. The van der Waals surface area contributed by atoms with Crippen LogP contribution >= 0.6 is 0 Å². The number of nitrogens with zero attached hydrogens (tertiary/aromatic N) is 4. The summed E-state index contributed by atoms with van der Waals surface area (Å²) in [7, 11) is 0. The molecule has 1 amide bonds. The predicted molar refractivity (Wildman–Crippen MR) is 102 cm³/mol. The van der Waals surface area contributed by atoms with Gasteiger partial charge in [-0.3, -0.25) is 14.9 Å². The minimum absolute atomic E-state index is 0.0411. The van der Waals surface area contributed by atoms with Crippen molar-refractivity contribution in [3.05, 3.63) is 71.6 Å². The zero-order valence-electron chi connectivity index (χ0n) is 15.1. The molecule has 0 bridgehead atoms. The van der Waals surface area contributed by atoms with E-state index in [9.17, 15) is 14.3 Å². The van der Waals surface area contributed by atoms with Crippen molar-refractivity contribution in [2.24, 2.45) is 0 Å². The van der Waals surface area contributed by atoms with E-state index in [1.54, 1.807) is 29.9 Å². The van der Waals surface area contributed by atoms with Crippen molar-refractivity contribution in [3.8, 4) is 17.3 Å². The van der Waals surface area contributed by atoms with Gasteiger partial charge in [0.1, 0.15) is 17.3 Å². The Bertz CT molecular complexity index is 1220. The molecule has 0 aliphatic heterocycles. The maximum absolute atomic E-state index is 13.5. The summed E-state index contributed by atoms with van der Waals surface area (Å²) in [6.45, 7) is 3.52. The largest absolute Gasteiger partial charge is 0.506 e. The lowest BCUT2D eigenvalue weighted by Gasteiger charge is -2.10. The van der Waals surface area contributed by atoms with E-state index < -0.39 is 5.91 Å². The lowest BCUT2D eigenvalue weighted by atomic mass is 10.2. The molecule has 0 aliphatic carbocycles. The van der Waals surface area contributed by atoms with E-state index in [1.165, 1.54) is 30.6 Å². The molecule has 3 aromatic heterocycles. The highest BCUT2D eigenvalue weighted by atomic mass is 19.1. The summed E-state index contributed by atoms with van der Waals surface area (Å²) in [6, 6.07) is 7.46. The van der Waals surface area contributed by atoms with Gasteiger partial charge in [0.15, 0.2) is 5.82 Å². The first-order valence-electron chi connectivity index (χ1n) is 8.50. The molecule has 3 heterocycles. The smallest absolute Gasteiger partial charge is 0.273 e. The number of fused-ring (bicyclic) bond motifs is 1. The third-order valence-electron chi connectivity index (χ3n) is 4.41. The number of aromatic nitrogens is 4. The zero-order chi connectivity index (χ0) is 19.8. The van der Waals surface area contributed by atoms with Gasteiger partial charge < -0.3 is 5.11 Å². The first kappa shape index (κ1) is 17.6. The number of amides is 1. The summed E-state index contributed by atoms with van der Waals surface area (Å²) in [5.41, 5.74) is 5.24. The molecular formula is C20H16FN5O2. The number of carbonyl (C=O) groups excluding carboxylic acids is 1. The van der Waals surface area contributed by atoms with Gasteiger partial charge in [-0.2, -0.15) is 0 Å². The lowest BCUT2D eigenvalue weighted by molar-refractivity contribution is 0.101. The zero-order valence-corrected chi connectivity index (χ0v) is 15.1. The summed E-state index contributed by atoms with van der Waals surface area (Å²) in [6.07, 6.45) is 4.63. The Balaban J connectivity index is 1.65. The molecule has 28 heavy (non-hydrogen) atoms. The van der Waals surface area contributed by atoms with Crippen LogP contribution in [0.5, 0.6) is 5.75 Å². The molecule has 4 rings (SSSR count). The van der Waals surface area contributed by atoms with Gasteiger partial charge in [0.2, 0.25) is 0 Å². The first-order chi connectivity index (χ1) is 13.4. The number of pyridine rings is 1. The molecule has 0 saturated heterocycles. The van der Waals surface area contributed by atoms with E-state index in [0.29, 0.717) is 16.6 Å². The number of nitrogens with one attached hydrogen (secondary N) is 1. The highest BCUT2D eigenvalue weighted by Crippen LogP contribution is 2.24. The number of halogens is 1. The summed E-state index contributed by atoms with van der Waals surface area (Å²) in [4.78, 5) is 25.2. The summed E-state index contributed by atoms with van der Waals surface area (Å²) in [5, 5.41) is 10.6. The van der Waals surface area contributed by atoms with Crippen LogP contribution < -0.4 is 5.43 Å². The van der Waals surface area contributed by atoms with E-state index >= 15 is 0 Å². The van der Waals surface area contributed by atoms with Crippen LogP contribution in [0.2, 0.25) is 0 Å². The van der Waals surface area contributed by atoms with E-state index in [0.717, 1.165) is 5.56 Å². The van der Waals surface area contributed by atoms with Crippen molar-refractivity contribution < 1.29 is 14.3 Å². The second-order valence-electron chi connectivity index (χ2n) is 6.35. The van der Waals surface area contributed by atoms with Crippen LogP contribution in [0.15, 0.2) is 48.9 Å². The third kappa shape index (κ3) is 3.05. The van der Waals surface area contributed by atoms with Crippen molar-refractivity contribution in [3.63, 3.8) is 0 Å². The Morgan fingerprint density at radius 2 is 2.04 bits per heavy atom. The predicted octanol–water partition coefficient (Wildman–Crippen LogP) is 3.34. The topological polar surface area (TPSA) is 92.9 Å². The van der Waals surface area contributed by atoms with Crippen molar-refractivity contribution >= 4 is 16.8 Å². The number of hydrogen-bond donors (Lipinski definition) is 2. The Hall–Kier alpha value is -3.81. The highest BCUT2D eigenvalue weighted by molar-refractivity contribution is 6.01. The van der Waals surface area contributed by atoms with Crippen molar-refractivity contribution in [1.29, 1.82) is 0 Å². The number of aryl methyl sites for hydroxylation is 2. The Kier molecular flexibility index (Phi) is 4.23. The van der Waals surface area contributed by atoms with Gasteiger partial charge in [-0.25, -0.2) is 19.3 Å². The molecule has 140 valence electrons. The number of aromatic hydroxyl groups is 1. The Labute approximate surface area is 159 Å². The molecule has 0 radical (unpaired) electrons. The van der Waals surface area contributed by atoms with Crippen molar-refractivity contribution in [1.82, 2.24) is 19.6 Å². The molecule has 8 heteroatoms. The van der Waals surface area contributed by atoms with E-state index in [4.69, 9.17) is 0 Å². The van der Waals surface area contributed by atoms with Crippen LogP contribution in [0.4, 0.5) is 4.39 Å². The van der Waals surface area contributed by atoms with Crippen LogP contribution in [0.3, 0.4) is 0 Å². The fraction of sp³-hybridized carbons (Fsp3) is 0.100. The normalized spacial score (nSPS) is 11.0. The standard InChI is InChI=1S/C20H16FN5O2/c1-11-10-26(16-6-5-13(21)8-14(11)16)25-20(28)15-9-23-19(24-12(15)2)18-17(27)4-3-7-22-18/h3-10,27H,1-2H3,(H,25,28). The molecule has 2 N–H and O–H groups in total. The lowest BCUT2D eigenvalue weighted by Crippen LogP contribution is -2.23.